The standard InChI is InChI=1S/C15H18ClNO5/c1-21-14(19)7-8-17(10-15(20)22-2)13(18)9-11-3-5-12(16)6-4-11/h3-6H,7-10H2,1-2H3. The number of rotatable bonds is 7. The molecule has 0 saturated carbocycles. The number of hydrogen-bond acceptors (Lipinski definition) is 5. The highest BCUT2D eigenvalue weighted by atomic mass is 35.5. The second-order valence-electron chi connectivity index (χ2n) is 4.52. The van der Waals surface area contributed by atoms with E-state index < -0.39 is 11.9 Å². The van der Waals surface area contributed by atoms with E-state index in [1.54, 1.807) is 24.3 Å². The molecule has 0 heterocycles. The van der Waals surface area contributed by atoms with Crippen LogP contribution in [0.3, 0.4) is 0 Å². The highest BCUT2D eigenvalue weighted by Crippen LogP contribution is 2.11. The molecule has 0 aromatic heterocycles. The molecule has 0 spiro atoms. The van der Waals surface area contributed by atoms with Gasteiger partial charge >= 0.3 is 11.9 Å². The van der Waals surface area contributed by atoms with Crippen molar-refractivity contribution in [2.45, 2.75) is 12.8 Å². The van der Waals surface area contributed by atoms with Crippen LogP contribution in [-0.2, 0) is 30.3 Å². The van der Waals surface area contributed by atoms with Crippen LogP contribution in [0.15, 0.2) is 24.3 Å². The maximum absolute atomic E-state index is 12.3. The molecule has 1 aromatic rings. The molecule has 0 unspecified atom stereocenters. The van der Waals surface area contributed by atoms with Gasteiger partial charge in [0.05, 0.1) is 27.1 Å². The molecule has 0 N–H and O–H groups in total. The van der Waals surface area contributed by atoms with Gasteiger partial charge in [0.2, 0.25) is 5.91 Å². The van der Waals surface area contributed by atoms with E-state index >= 15 is 0 Å². The van der Waals surface area contributed by atoms with E-state index in [2.05, 4.69) is 9.47 Å². The summed E-state index contributed by atoms with van der Waals surface area (Å²) in [5.41, 5.74) is 0.766. The number of ether oxygens (including phenoxy) is 2. The van der Waals surface area contributed by atoms with Crippen molar-refractivity contribution in [2.24, 2.45) is 0 Å². The Morgan fingerprint density at radius 1 is 1.05 bits per heavy atom. The zero-order valence-corrected chi connectivity index (χ0v) is 13.3. The number of nitrogens with zero attached hydrogens (tertiary/aromatic N) is 1. The molecule has 120 valence electrons. The predicted octanol–water partition coefficient (Wildman–Crippen LogP) is 1.45. The van der Waals surface area contributed by atoms with E-state index in [1.807, 2.05) is 0 Å². The van der Waals surface area contributed by atoms with Crippen LogP contribution in [-0.4, -0.2) is 50.1 Å². The van der Waals surface area contributed by atoms with E-state index in [9.17, 15) is 14.4 Å². The molecule has 0 atom stereocenters. The predicted molar refractivity (Wildman–Crippen MR) is 80.4 cm³/mol. The number of carbonyl (C=O) groups is 3. The van der Waals surface area contributed by atoms with Gasteiger partial charge in [-0.1, -0.05) is 23.7 Å². The van der Waals surface area contributed by atoms with Crippen LogP contribution in [0.2, 0.25) is 5.02 Å². The van der Waals surface area contributed by atoms with Crippen molar-refractivity contribution in [3.8, 4) is 0 Å². The molecular formula is C15H18ClNO5. The molecule has 0 fully saturated rings. The lowest BCUT2D eigenvalue weighted by atomic mass is 10.1. The number of methoxy groups -OCH3 is 2. The molecule has 1 amide bonds. The van der Waals surface area contributed by atoms with Gasteiger partial charge in [-0.2, -0.15) is 0 Å². The summed E-state index contributed by atoms with van der Waals surface area (Å²) in [6, 6.07) is 6.83. The fourth-order valence-corrected chi connectivity index (χ4v) is 1.86. The first-order valence-corrected chi connectivity index (χ1v) is 7.00. The van der Waals surface area contributed by atoms with Gasteiger partial charge in [0.15, 0.2) is 0 Å². The van der Waals surface area contributed by atoms with Crippen LogP contribution in [0.1, 0.15) is 12.0 Å². The van der Waals surface area contributed by atoms with Crippen LogP contribution >= 0.6 is 11.6 Å². The van der Waals surface area contributed by atoms with Crippen LogP contribution < -0.4 is 0 Å². The second kappa shape index (κ2) is 9.04. The van der Waals surface area contributed by atoms with Crippen molar-refractivity contribution in [3.05, 3.63) is 34.9 Å². The van der Waals surface area contributed by atoms with E-state index in [0.29, 0.717) is 5.02 Å². The van der Waals surface area contributed by atoms with Crippen LogP contribution in [0.25, 0.3) is 0 Å². The van der Waals surface area contributed by atoms with Gasteiger partial charge in [-0.15, -0.1) is 0 Å². The van der Waals surface area contributed by atoms with Gasteiger partial charge in [-0.3, -0.25) is 14.4 Å². The third-order valence-corrected chi connectivity index (χ3v) is 3.23. The lowest BCUT2D eigenvalue weighted by molar-refractivity contribution is -0.148. The summed E-state index contributed by atoms with van der Waals surface area (Å²) in [5, 5.41) is 0.577. The van der Waals surface area contributed by atoms with Crippen molar-refractivity contribution < 1.29 is 23.9 Å². The van der Waals surface area contributed by atoms with Crippen LogP contribution in [0, 0.1) is 0 Å². The molecule has 6 nitrogen and oxygen atoms in total. The fourth-order valence-electron chi connectivity index (χ4n) is 1.73. The van der Waals surface area contributed by atoms with E-state index in [4.69, 9.17) is 11.6 Å². The number of amides is 1. The molecule has 0 aliphatic rings. The minimum atomic E-state index is -0.547. The Kier molecular flexibility index (Phi) is 7.39. The summed E-state index contributed by atoms with van der Waals surface area (Å²) in [4.78, 5) is 36.1. The summed E-state index contributed by atoms with van der Waals surface area (Å²) < 4.78 is 9.10. The smallest absolute Gasteiger partial charge is 0.325 e. The van der Waals surface area contributed by atoms with E-state index in [0.717, 1.165) is 5.56 Å². The third kappa shape index (κ3) is 6.13. The molecule has 0 bridgehead atoms. The van der Waals surface area contributed by atoms with Crippen LogP contribution in [0.5, 0.6) is 0 Å². The minimum Gasteiger partial charge on any atom is -0.469 e. The summed E-state index contributed by atoms with van der Waals surface area (Å²) >= 11 is 5.79. The maximum Gasteiger partial charge on any atom is 0.325 e. The SMILES string of the molecule is COC(=O)CCN(CC(=O)OC)C(=O)Cc1ccc(Cl)cc1. The first kappa shape index (κ1) is 18.0. The third-order valence-electron chi connectivity index (χ3n) is 2.98. The summed E-state index contributed by atoms with van der Waals surface area (Å²) in [5.74, 6) is -1.28. The first-order chi connectivity index (χ1) is 10.5. The van der Waals surface area contributed by atoms with Gasteiger partial charge in [0, 0.05) is 11.6 Å². The zero-order chi connectivity index (χ0) is 16.5. The average molecular weight is 328 g/mol. The Morgan fingerprint density at radius 3 is 2.18 bits per heavy atom. The molecule has 1 aromatic carbocycles. The van der Waals surface area contributed by atoms with Gasteiger partial charge in [-0.05, 0) is 17.7 Å². The van der Waals surface area contributed by atoms with Gasteiger partial charge in [-0.25, -0.2) is 0 Å². The number of halogens is 1. The Morgan fingerprint density at radius 2 is 1.64 bits per heavy atom. The first-order valence-electron chi connectivity index (χ1n) is 6.62. The largest absolute Gasteiger partial charge is 0.469 e. The van der Waals surface area contributed by atoms with Crippen LogP contribution in [0.4, 0.5) is 0 Å². The highest BCUT2D eigenvalue weighted by Gasteiger charge is 2.19. The molecule has 22 heavy (non-hydrogen) atoms. The van der Waals surface area contributed by atoms with Gasteiger partial charge in [0.1, 0.15) is 6.54 Å². The quantitative estimate of drug-likeness (QED) is 0.709. The molecule has 0 aliphatic heterocycles. The molecular weight excluding hydrogens is 310 g/mol. The molecule has 1 rings (SSSR count). The maximum atomic E-state index is 12.3. The normalized spacial score (nSPS) is 9.95. The Balaban J connectivity index is 2.70. The Bertz CT molecular complexity index is 529. The molecule has 0 radical (unpaired) electrons. The van der Waals surface area contributed by atoms with Crippen molar-refractivity contribution in [1.82, 2.24) is 4.90 Å². The molecule has 0 aliphatic carbocycles. The topological polar surface area (TPSA) is 72.9 Å². The lowest BCUT2D eigenvalue weighted by Crippen LogP contribution is -2.38. The summed E-state index contributed by atoms with van der Waals surface area (Å²) in [7, 11) is 2.51. The number of carbonyl (C=O) groups excluding carboxylic acids is 3. The lowest BCUT2D eigenvalue weighted by Gasteiger charge is -2.21. The fraction of sp³-hybridized carbons (Fsp3) is 0.400. The molecule has 7 heteroatoms. The Hall–Kier alpha value is -2.08. The van der Waals surface area contributed by atoms with Crippen molar-refractivity contribution in [3.63, 3.8) is 0 Å². The van der Waals surface area contributed by atoms with E-state index in [1.165, 1.54) is 19.1 Å². The number of benzene rings is 1. The molecule has 0 saturated heterocycles. The van der Waals surface area contributed by atoms with Crippen molar-refractivity contribution in [1.29, 1.82) is 0 Å². The summed E-state index contributed by atoms with van der Waals surface area (Å²) in [6.45, 7) is -0.117. The Labute approximate surface area is 133 Å². The van der Waals surface area contributed by atoms with Gasteiger partial charge in [0.25, 0.3) is 0 Å². The minimum absolute atomic E-state index is 0.0137. The second-order valence-corrected chi connectivity index (χ2v) is 4.96. The average Bonchev–Trinajstić information content (AvgIpc) is 2.52. The highest BCUT2D eigenvalue weighted by molar-refractivity contribution is 6.30. The summed E-state index contributed by atoms with van der Waals surface area (Å²) in [6.07, 6.45) is 0.120. The van der Waals surface area contributed by atoms with Crippen molar-refractivity contribution >= 4 is 29.4 Å². The van der Waals surface area contributed by atoms with Gasteiger partial charge < -0.3 is 14.4 Å². The van der Waals surface area contributed by atoms with E-state index in [-0.39, 0.29) is 31.8 Å². The van der Waals surface area contributed by atoms with Crippen molar-refractivity contribution in [2.75, 3.05) is 27.3 Å². The number of esters is 2. The number of hydrogen-bond donors (Lipinski definition) is 0. The zero-order valence-electron chi connectivity index (χ0n) is 12.5. The monoisotopic (exact) mass is 327 g/mol.